The fraction of sp³-hybridized carbons (Fsp3) is 0.200. The van der Waals surface area contributed by atoms with Gasteiger partial charge in [0.05, 0.1) is 5.71 Å². The number of likely N-dealkylation sites (N-methyl/N-ethyl adjacent to an activating group) is 1. The summed E-state index contributed by atoms with van der Waals surface area (Å²) in [6.07, 6.45) is 1.62. The second kappa shape index (κ2) is 5.70. The van der Waals surface area contributed by atoms with E-state index in [1.165, 1.54) is 24.0 Å². The summed E-state index contributed by atoms with van der Waals surface area (Å²) in [6.45, 7) is 2.97. The lowest BCUT2D eigenvalue weighted by Crippen LogP contribution is -2.32. The van der Waals surface area contributed by atoms with Gasteiger partial charge in [0.15, 0.2) is 5.84 Å². The first-order chi connectivity index (χ1) is 9.88. The third-order valence-corrected chi connectivity index (χ3v) is 2.91. The number of phenolic OH excluding ortho intramolecular Hbond substituents is 1. The van der Waals surface area contributed by atoms with Crippen LogP contribution in [0.2, 0.25) is 0 Å². The molecule has 108 valence electrons. The van der Waals surface area contributed by atoms with E-state index in [0.717, 1.165) is 5.56 Å². The molecular formula is C15H15N3O3. The van der Waals surface area contributed by atoms with Gasteiger partial charge >= 0.3 is 0 Å². The molecule has 1 N–H and O–H groups in total. The van der Waals surface area contributed by atoms with Gasteiger partial charge in [-0.25, -0.2) is 9.98 Å². The molecule has 1 heterocycles. The predicted molar refractivity (Wildman–Crippen MR) is 80.1 cm³/mol. The Hall–Kier alpha value is -2.76. The lowest BCUT2D eigenvalue weighted by molar-refractivity contribution is -0.121. The molecule has 0 unspecified atom stereocenters. The van der Waals surface area contributed by atoms with E-state index >= 15 is 0 Å². The quantitative estimate of drug-likeness (QED) is 0.662. The number of amidine groups is 1. The van der Waals surface area contributed by atoms with Gasteiger partial charge in [-0.1, -0.05) is 12.1 Å². The molecule has 1 aromatic rings. The van der Waals surface area contributed by atoms with E-state index in [9.17, 15) is 14.7 Å². The molecule has 0 atom stereocenters. The molecule has 1 aliphatic rings. The number of hydrogen-bond donors (Lipinski definition) is 1. The SMILES string of the molecule is CC(=O)N=C(C)C1=N/C(=C\c2ccc(O)cc2)C(=O)N1C. The van der Waals surface area contributed by atoms with Crippen molar-refractivity contribution in [2.75, 3.05) is 7.05 Å². The van der Waals surface area contributed by atoms with Crippen molar-refractivity contribution < 1.29 is 14.7 Å². The minimum absolute atomic E-state index is 0.153. The summed E-state index contributed by atoms with van der Waals surface area (Å²) in [7, 11) is 1.58. The van der Waals surface area contributed by atoms with Gasteiger partial charge < -0.3 is 5.11 Å². The molecule has 6 nitrogen and oxygen atoms in total. The summed E-state index contributed by atoms with van der Waals surface area (Å²) >= 11 is 0. The number of rotatable bonds is 2. The zero-order valence-electron chi connectivity index (χ0n) is 12.0. The average Bonchev–Trinajstić information content (AvgIpc) is 2.69. The summed E-state index contributed by atoms with van der Waals surface area (Å²) in [5.74, 6) is -0.0935. The molecule has 2 amide bonds. The Labute approximate surface area is 122 Å². The second-order valence-electron chi connectivity index (χ2n) is 4.64. The number of aromatic hydroxyl groups is 1. The van der Waals surface area contributed by atoms with E-state index in [1.807, 2.05) is 0 Å². The van der Waals surface area contributed by atoms with Crippen LogP contribution >= 0.6 is 0 Å². The van der Waals surface area contributed by atoms with Crippen molar-refractivity contribution in [3.05, 3.63) is 35.5 Å². The molecule has 0 saturated carbocycles. The van der Waals surface area contributed by atoms with Crippen LogP contribution in [0.15, 0.2) is 39.9 Å². The van der Waals surface area contributed by atoms with Crippen LogP contribution in [0.4, 0.5) is 0 Å². The number of phenols is 1. The van der Waals surface area contributed by atoms with Crippen LogP contribution in [-0.4, -0.2) is 40.4 Å². The van der Waals surface area contributed by atoms with E-state index in [4.69, 9.17) is 0 Å². The number of aliphatic imine (C=N–C) groups is 2. The maximum atomic E-state index is 12.1. The number of carbonyl (C=O) groups excluding carboxylic acids is 2. The summed E-state index contributed by atoms with van der Waals surface area (Å²) in [4.78, 5) is 32.5. The van der Waals surface area contributed by atoms with Gasteiger partial charge in [-0.3, -0.25) is 14.5 Å². The highest BCUT2D eigenvalue weighted by atomic mass is 16.3. The predicted octanol–water partition coefficient (Wildman–Crippen LogP) is 1.61. The maximum absolute atomic E-state index is 12.1. The van der Waals surface area contributed by atoms with Gasteiger partial charge in [0.1, 0.15) is 11.4 Å². The number of hydrogen-bond acceptors (Lipinski definition) is 4. The number of amides is 2. The number of carbonyl (C=O) groups is 2. The van der Waals surface area contributed by atoms with Crippen molar-refractivity contribution >= 4 is 29.4 Å². The van der Waals surface area contributed by atoms with Crippen molar-refractivity contribution in [3.8, 4) is 5.75 Å². The molecule has 0 aliphatic carbocycles. The van der Waals surface area contributed by atoms with Crippen LogP contribution in [0.3, 0.4) is 0 Å². The van der Waals surface area contributed by atoms with Gasteiger partial charge in [-0.05, 0) is 30.7 Å². The molecule has 0 saturated heterocycles. The van der Waals surface area contributed by atoms with Crippen LogP contribution < -0.4 is 0 Å². The number of nitrogens with zero attached hydrogens (tertiary/aromatic N) is 3. The molecule has 0 aromatic heterocycles. The molecule has 0 spiro atoms. The van der Waals surface area contributed by atoms with Crippen molar-refractivity contribution in [1.29, 1.82) is 0 Å². The summed E-state index contributed by atoms with van der Waals surface area (Å²) in [6, 6.07) is 6.42. The summed E-state index contributed by atoms with van der Waals surface area (Å²) in [5.41, 5.74) is 1.40. The lowest BCUT2D eigenvalue weighted by atomic mass is 10.2. The highest BCUT2D eigenvalue weighted by molar-refractivity contribution is 6.46. The highest BCUT2D eigenvalue weighted by Gasteiger charge is 2.28. The first-order valence-corrected chi connectivity index (χ1v) is 6.32. The van der Waals surface area contributed by atoms with Gasteiger partial charge in [0, 0.05) is 14.0 Å². The number of benzene rings is 1. The lowest BCUT2D eigenvalue weighted by Gasteiger charge is -2.10. The molecule has 0 bridgehead atoms. The van der Waals surface area contributed by atoms with Crippen molar-refractivity contribution in [2.45, 2.75) is 13.8 Å². The first-order valence-electron chi connectivity index (χ1n) is 6.32. The maximum Gasteiger partial charge on any atom is 0.277 e. The third kappa shape index (κ3) is 3.22. The van der Waals surface area contributed by atoms with E-state index in [1.54, 1.807) is 32.2 Å². The molecule has 6 heteroatoms. The third-order valence-electron chi connectivity index (χ3n) is 2.91. The smallest absolute Gasteiger partial charge is 0.277 e. The normalized spacial score (nSPS) is 17.4. The van der Waals surface area contributed by atoms with Gasteiger partial charge in [0.25, 0.3) is 5.91 Å². The zero-order chi connectivity index (χ0) is 15.6. The van der Waals surface area contributed by atoms with Crippen molar-refractivity contribution in [3.63, 3.8) is 0 Å². The standard InChI is InChI=1S/C15H15N3O3/c1-9(16-10(2)19)14-17-13(15(21)18(14)3)8-11-4-6-12(20)7-5-11/h4-8,20H,1-3H3/b13-8-,16-9?. The average molecular weight is 285 g/mol. The van der Waals surface area contributed by atoms with Crippen molar-refractivity contribution in [2.24, 2.45) is 9.98 Å². The Morgan fingerprint density at radius 3 is 2.48 bits per heavy atom. The molecule has 0 radical (unpaired) electrons. The Morgan fingerprint density at radius 2 is 1.90 bits per heavy atom. The summed E-state index contributed by atoms with van der Waals surface area (Å²) in [5, 5.41) is 9.24. The Kier molecular flexibility index (Phi) is 3.98. The summed E-state index contributed by atoms with van der Waals surface area (Å²) < 4.78 is 0. The Morgan fingerprint density at radius 1 is 1.29 bits per heavy atom. The first kappa shape index (κ1) is 14.6. The van der Waals surface area contributed by atoms with E-state index < -0.39 is 0 Å². The van der Waals surface area contributed by atoms with Gasteiger partial charge in [0.2, 0.25) is 5.91 Å². The van der Waals surface area contributed by atoms with Crippen LogP contribution in [0.1, 0.15) is 19.4 Å². The second-order valence-corrected chi connectivity index (χ2v) is 4.64. The fourth-order valence-electron chi connectivity index (χ4n) is 1.94. The fourth-order valence-corrected chi connectivity index (χ4v) is 1.94. The van der Waals surface area contributed by atoms with E-state index in [2.05, 4.69) is 9.98 Å². The Bertz CT molecular complexity index is 685. The van der Waals surface area contributed by atoms with E-state index in [0.29, 0.717) is 11.5 Å². The molecule has 1 aromatic carbocycles. The van der Waals surface area contributed by atoms with Gasteiger partial charge in [-0.15, -0.1) is 0 Å². The van der Waals surface area contributed by atoms with Crippen LogP contribution in [0.5, 0.6) is 5.75 Å². The zero-order valence-corrected chi connectivity index (χ0v) is 12.0. The van der Waals surface area contributed by atoms with Crippen LogP contribution in [0, 0.1) is 0 Å². The topological polar surface area (TPSA) is 82.3 Å². The molecule has 0 fully saturated rings. The molecule has 2 rings (SSSR count). The highest BCUT2D eigenvalue weighted by Crippen LogP contribution is 2.19. The molecule has 21 heavy (non-hydrogen) atoms. The van der Waals surface area contributed by atoms with E-state index in [-0.39, 0.29) is 23.3 Å². The minimum Gasteiger partial charge on any atom is -0.508 e. The molecule has 1 aliphatic heterocycles. The van der Waals surface area contributed by atoms with Crippen molar-refractivity contribution in [1.82, 2.24) is 4.90 Å². The minimum atomic E-state index is -0.341. The Balaban J connectivity index is 2.37. The monoisotopic (exact) mass is 285 g/mol. The molecular weight excluding hydrogens is 270 g/mol. The van der Waals surface area contributed by atoms with Crippen LogP contribution in [0.25, 0.3) is 6.08 Å². The van der Waals surface area contributed by atoms with Crippen LogP contribution in [-0.2, 0) is 9.59 Å². The van der Waals surface area contributed by atoms with Gasteiger partial charge in [-0.2, -0.15) is 0 Å². The largest absolute Gasteiger partial charge is 0.508 e.